The van der Waals surface area contributed by atoms with E-state index in [-0.39, 0.29) is 11.5 Å². The third kappa shape index (κ3) is 2.42. The molecule has 1 aromatic heterocycles. The summed E-state index contributed by atoms with van der Waals surface area (Å²) >= 11 is 0. The first-order valence-corrected chi connectivity index (χ1v) is 6.23. The monoisotopic (exact) mass is 273 g/mol. The van der Waals surface area contributed by atoms with Gasteiger partial charge in [-0.05, 0) is 18.2 Å². The Balaban J connectivity index is 2.39. The van der Waals surface area contributed by atoms with Gasteiger partial charge in [0.05, 0.1) is 23.1 Å². The quantitative estimate of drug-likeness (QED) is 0.929. The van der Waals surface area contributed by atoms with Crippen molar-refractivity contribution < 1.29 is 19.1 Å². The predicted octanol–water partition coefficient (Wildman–Crippen LogP) is 2.82. The number of hydrogen-bond acceptors (Lipinski definition) is 3. The Labute approximate surface area is 116 Å². The summed E-state index contributed by atoms with van der Waals surface area (Å²) in [7, 11) is 1.55. The van der Waals surface area contributed by atoms with E-state index >= 15 is 0 Å². The number of carboxylic acids is 1. The lowest BCUT2D eigenvalue weighted by Gasteiger charge is -2.19. The highest BCUT2D eigenvalue weighted by Crippen LogP contribution is 2.22. The summed E-state index contributed by atoms with van der Waals surface area (Å²) in [6.45, 7) is 1.89. The zero-order chi connectivity index (χ0) is 14.7. The molecule has 0 saturated heterocycles. The molecule has 5 heteroatoms. The zero-order valence-electron chi connectivity index (χ0n) is 11.3. The number of nitrogens with zero attached hydrogens (tertiary/aromatic N) is 1. The van der Waals surface area contributed by atoms with Gasteiger partial charge in [0.15, 0.2) is 0 Å². The van der Waals surface area contributed by atoms with E-state index < -0.39 is 5.97 Å². The number of para-hydroxylation sites is 1. The van der Waals surface area contributed by atoms with Crippen LogP contribution in [0.5, 0.6) is 0 Å². The molecule has 5 nitrogen and oxygen atoms in total. The van der Waals surface area contributed by atoms with Crippen LogP contribution in [0.3, 0.4) is 0 Å². The minimum absolute atomic E-state index is 0.0879. The highest BCUT2D eigenvalue weighted by Gasteiger charge is 2.22. The summed E-state index contributed by atoms with van der Waals surface area (Å²) in [5, 5.41) is 9.17. The molecule has 1 aromatic carbocycles. The van der Waals surface area contributed by atoms with Crippen molar-refractivity contribution in [2.45, 2.75) is 13.3 Å². The van der Waals surface area contributed by atoms with E-state index in [0.29, 0.717) is 23.4 Å². The predicted molar refractivity (Wildman–Crippen MR) is 74.2 cm³/mol. The van der Waals surface area contributed by atoms with Crippen LogP contribution in [-0.2, 0) is 6.42 Å². The maximum Gasteiger partial charge on any atom is 0.337 e. The van der Waals surface area contributed by atoms with E-state index in [4.69, 9.17) is 4.42 Å². The number of amides is 1. The molecule has 2 aromatic rings. The highest BCUT2D eigenvalue weighted by molar-refractivity contribution is 6.09. The average Bonchev–Trinajstić information content (AvgIpc) is 2.94. The fourth-order valence-corrected chi connectivity index (χ4v) is 2.04. The molecule has 0 aliphatic rings. The number of carbonyl (C=O) groups is 2. The molecular formula is C15H15NO4. The molecule has 0 aliphatic heterocycles. The lowest BCUT2D eigenvalue weighted by atomic mass is 10.1. The molecule has 0 spiro atoms. The molecule has 1 amide bonds. The molecule has 0 radical (unpaired) electrons. The van der Waals surface area contributed by atoms with Crippen LogP contribution in [0.25, 0.3) is 0 Å². The second-order valence-corrected chi connectivity index (χ2v) is 4.30. The number of aryl methyl sites for hydroxylation is 1. The largest absolute Gasteiger partial charge is 0.478 e. The van der Waals surface area contributed by atoms with Crippen molar-refractivity contribution in [1.29, 1.82) is 0 Å². The third-order valence-corrected chi connectivity index (χ3v) is 3.10. The molecule has 104 valence electrons. The SMILES string of the molecule is CCc1occc1C(=O)N(C)c1ccccc1C(=O)O. The normalized spacial score (nSPS) is 10.3. The first-order chi connectivity index (χ1) is 9.56. The lowest BCUT2D eigenvalue weighted by Crippen LogP contribution is -2.28. The van der Waals surface area contributed by atoms with E-state index in [1.807, 2.05) is 6.92 Å². The Kier molecular flexibility index (Phi) is 3.89. The second-order valence-electron chi connectivity index (χ2n) is 4.30. The van der Waals surface area contributed by atoms with Gasteiger partial charge in [-0.2, -0.15) is 0 Å². The van der Waals surface area contributed by atoms with Gasteiger partial charge in [0.2, 0.25) is 0 Å². The van der Waals surface area contributed by atoms with Gasteiger partial charge in [-0.25, -0.2) is 4.79 Å². The number of carboxylic acid groups (broad SMARTS) is 1. The number of aromatic carboxylic acids is 1. The number of carbonyl (C=O) groups excluding carboxylic acids is 1. The minimum atomic E-state index is -1.07. The minimum Gasteiger partial charge on any atom is -0.478 e. The zero-order valence-corrected chi connectivity index (χ0v) is 11.3. The standard InChI is InChI=1S/C15H15NO4/c1-3-13-11(8-9-20-13)14(17)16(2)12-7-5-4-6-10(12)15(18)19/h4-9H,3H2,1-2H3,(H,18,19). The average molecular weight is 273 g/mol. The van der Waals surface area contributed by atoms with Crippen LogP contribution in [-0.4, -0.2) is 24.0 Å². The highest BCUT2D eigenvalue weighted by atomic mass is 16.4. The van der Waals surface area contributed by atoms with Crippen LogP contribution in [0.2, 0.25) is 0 Å². The van der Waals surface area contributed by atoms with Crippen LogP contribution in [0.15, 0.2) is 41.0 Å². The van der Waals surface area contributed by atoms with Gasteiger partial charge in [0.25, 0.3) is 5.91 Å². The smallest absolute Gasteiger partial charge is 0.337 e. The third-order valence-electron chi connectivity index (χ3n) is 3.10. The Morgan fingerprint density at radius 2 is 1.90 bits per heavy atom. The molecule has 0 bridgehead atoms. The van der Waals surface area contributed by atoms with Crippen LogP contribution < -0.4 is 4.90 Å². The summed E-state index contributed by atoms with van der Waals surface area (Å²) < 4.78 is 5.23. The van der Waals surface area contributed by atoms with E-state index in [2.05, 4.69) is 0 Å². The van der Waals surface area contributed by atoms with Crippen molar-refractivity contribution in [3.8, 4) is 0 Å². The molecule has 1 heterocycles. The molecule has 0 fully saturated rings. The lowest BCUT2D eigenvalue weighted by molar-refractivity contribution is 0.0697. The van der Waals surface area contributed by atoms with E-state index in [1.54, 1.807) is 31.3 Å². The van der Waals surface area contributed by atoms with Crippen molar-refractivity contribution in [3.63, 3.8) is 0 Å². The van der Waals surface area contributed by atoms with Gasteiger partial charge in [0.1, 0.15) is 5.76 Å². The van der Waals surface area contributed by atoms with Gasteiger partial charge in [0, 0.05) is 13.5 Å². The van der Waals surface area contributed by atoms with Gasteiger partial charge >= 0.3 is 5.97 Å². The summed E-state index contributed by atoms with van der Waals surface area (Å²) in [4.78, 5) is 25.0. The molecule has 1 N–H and O–H groups in total. The van der Waals surface area contributed by atoms with Crippen molar-refractivity contribution >= 4 is 17.6 Å². The van der Waals surface area contributed by atoms with Gasteiger partial charge in [-0.15, -0.1) is 0 Å². The van der Waals surface area contributed by atoms with E-state index in [9.17, 15) is 14.7 Å². The van der Waals surface area contributed by atoms with Crippen LogP contribution in [0.1, 0.15) is 33.4 Å². The topological polar surface area (TPSA) is 70.8 Å². The first-order valence-electron chi connectivity index (χ1n) is 6.23. The number of furan rings is 1. The maximum atomic E-state index is 12.4. The first kappa shape index (κ1) is 13.9. The number of benzene rings is 1. The second kappa shape index (κ2) is 5.61. The Bertz CT molecular complexity index is 645. The van der Waals surface area contributed by atoms with E-state index in [0.717, 1.165) is 0 Å². The maximum absolute atomic E-state index is 12.4. The number of rotatable bonds is 4. The molecule has 2 rings (SSSR count). The van der Waals surface area contributed by atoms with Crippen molar-refractivity contribution in [2.24, 2.45) is 0 Å². The van der Waals surface area contributed by atoms with Crippen LogP contribution in [0, 0.1) is 0 Å². The van der Waals surface area contributed by atoms with Gasteiger partial charge < -0.3 is 14.4 Å². The number of anilines is 1. The molecular weight excluding hydrogens is 258 g/mol. The Hall–Kier alpha value is -2.56. The molecule has 0 aliphatic carbocycles. The van der Waals surface area contributed by atoms with Crippen molar-refractivity contribution in [1.82, 2.24) is 0 Å². The van der Waals surface area contributed by atoms with E-state index in [1.165, 1.54) is 17.2 Å². The summed E-state index contributed by atoms with van der Waals surface area (Å²) in [6, 6.07) is 7.99. The molecule has 0 atom stereocenters. The molecule has 0 unspecified atom stereocenters. The summed E-state index contributed by atoms with van der Waals surface area (Å²) in [6.07, 6.45) is 2.06. The van der Waals surface area contributed by atoms with Gasteiger partial charge in [-0.3, -0.25) is 4.79 Å². The van der Waals surface area contributed by atoms with Gasteiger partial charge in [-0.1, -0.05) is 19.1 Å². The summed E-state index contributed by atoms with van der Waals surface area (Å²) in [5.74, 6) is -0.762. The Morgan fingerprint density at radius 1 is 1.20 bits per heavy atom. The Morgan fingerprint density at radius 3 is 2.55 bits per heavy atom. The van der Waals surface area contributed by atoms with Crippen molar-refractivity contribution in [3.05, 3.63) is 53.5 Å². The molecule has 0 saturated carbocycles. The fraction of sp³-hybridized carbons (Fsp3) is 0.200. The van der Waals surface area contributed by atoms with Crippen LogP contribution >= 0.6 is 0 Å². The van der Waals surface area contributed by atoms with Crippen molar-refractivity contribution in [2.75, 3.05) is 11.9 Å². The molecule has 20 heavy (non-hydrogen) atoms. The number of hydrogen-bond donors (Lipinski definition) is 1. The van der Waals surface area contributed by atoms with Crippen LogP contribution in [0.4, 0.5) is 5.69 Å². The fourth-order valence-electron chi connectivity index (χ4n) is 2.04. The summed E-state index contributed by atoms with van der Waals surface area (Å²) in [5.41, 5.74) is 0.897.